The molecule has 6 nitrogen and oxygen atoms in total. The molecule has 0 aromatic heterocycles. The van der Waals surface area contributed by atoms with E-state index >= 15 is 0 Å². The van der Waals surface area contributed by atoms with Gasteiger partial charge >= 0.3 is 17.9 Å². The molecule has 0 heterocycles. The number of unbranched alkanes of at least 4 members (excludes halogenated alkanes) is 22. The van der Waals surface area contributed by atoms with Gasteiger partial charge in [-0.05, 0) is 116 Å². The number of hydrogen-bond acceptors (Lipinski definition) is 6. The summed E-state index contributed by atoms with van der Waals surface area (Å²) >= 11 is 0. The van der Waals surface area contributed by atoms with Gasteiger partial charge < -0.3 is 14.2 Å². The maximum absolute atomic E-state index is 12.8. The van der Waals surface area contributed by atoms with E-state index in [1.807, 2.05) is 0 Å². The molecule has 0 radical (unpaired) electrons. The number of esters is 3. The molecule has 0 saturated carbocycles. The highest BCUT2D eigenvalue weighted by atomic mass is 16.6. The van der Waals surface area contributed by atoms with Crippen molar-refractivity contribution in [3.63, 3.8) is 0 Å². The molecule has 0 spiro atoms. The third-order valence-electron chi connectivity index (χ3n) is 11.5. The molecule has 0 aliphatic rings. The fourth-order valence-electron chi connectivity index (χ4n) is 7.33. The van der Waals surface area contributed by atoms with Gasteiger partial charge in [-0.25, -0.2) is 0 Å². The van der Waals surface area contributed by atoms with Crippen LogP contribution in [0.15, 0.2) is 97.2 Å². The van der Waals surface area contributed by atoms with Crippen molar-refractivity contribution in [2.24, 2.45) is 0 Å². The van der Waals surface area contributed by atoms with E-state index in [2.05, 4.69) is 118 Å². The van der Waals surface area contributed by atoms with Gasteiger partial charge in [0.2, 0.25) is 0 Å². The maximum Gasteiger partial charge on any atom is 0.306 e. The monoisotopic (exact) mass is 931 g/mol. The summed E-state index contributed by atoms with van der Waals surface area (Å²) < 4.78 is 16.7. The van der Waals surface area contributed by atoms with Crippen LogP contribution in [0.4, 0.5) is 0 Å². The molecule has 0 fully saturated rings. The number of carbonyl (C=O) groups excluding carboxylic acids is 3. The molecular weight excluding hydrogens is 829 g/mol. The van der Waals surface area contributed by atoms with E-state index in [1.165, 1.54) is 122 Å². The van der Waals surface area contributed by atoms with E-state index < -0.39 is 6.10 Å². The first-order valence-electron chi connectivity index (χ1n) is 27.7. The van der Waals surface area contributed by atoms with Crippen molar-refractivity contribution < 1.29 is 28.6 Å². The first-order valence-corrected chi connectivity index (χ1v) is 27.7. The fourth-order valence-corrected chi connectivity index (χ4v) is 7.33. The molecule has 0 N–H and O–H groups in total. The maximum atomic E-state index is 12.8. The van der Waals surface area contributed by atoms with E-state index in [0.717, 1.165) is 77.0 Å². The molecule has 0 saturated heterocycles. The molecule has 6 heteroatoms. The Balaban J connectivity index is 4.57. The summed E-state index contributed by atoms with van der Waals surface area (Å²) in [5.41, 5.74) is 0. The van der Waals surface area contributed by atoms with Crippen molar-refractivity contribution in [2.45, 2.75) is 258 Å². The number of ether oxygens (including phenoxy) is 3. The third-order valence-corrected chi connectivity index (χ3v) is 11.5. The SMILES string of the molecule is CCCCC/C=C\C/C=C\C/C=C\C/C=C\CCCC(=O)OC[C@H](COC(=O)CCCCCCC/C=C\CCCCCCCC)OC(=O)CCC/C=C\C/C=C\C/C=C\CCCCCCCC. The summed E-state index contributed by atoms with van der Waals surface area (Å²) in [6, 6.07) is 0. The van der Waals surface area contributed by atoms with Crippen molar-refractivity contribution in [1.29, 1.82) is 0 Å². The highest BCUT2D eigenvalue weighted by Gasteiger charge is 2.19. The van der Waals surface area contributed by atoms with Crippen LogP contribution in [0.1, 0.15) is 252 Å². The van der Waals surface area contributed by atoms with Gasteiger partial charge in [-0.2, -0.15) is 0 Å². The second kappa shape index (κ2) is 54.9. The minimum absolute atomic E-state index is 0.119. The summed E-state index contributed by atoms with van der Waals surface area (Å²) in [5, 5.41) is 0. The van der Waals surface area contributed by atoms with Crippen LogP contribution in [-0.2, 0) is 28.6 Å². The number of allylic oxidation sites excluding steroid dienone is 16. The Kier molecular flexibility index (Phi) is 51.9. The van der Waals surface area contributed by atoms with Gasteiger partial charge in [0.25, 0.3) is 0 Å². The Morgan fingerprint density at radius 2 is 0.552 bits per heavy atom. The minimum Gasteiger partial charge on any atom is -0.462 e. The van der Waals surface area contributed by atoms with Crippen LogP contribution in [0.25, 0.3) is 0 Å². The first-order chi connectivity index (χ1) is 33.0. The molecule has 0 aromatic rings. The van der Waals surface area contributed by atoms with Crippen LogP contribution in [-0.4, -0.2) is 37.2 Å². The minimum atomic E-state index is -0.830. The summed E-state index contributed by atoms with van der Waals surface area (Å²) in [6.07, 6.45) is 72.6. The standard InChI is InChI=1S/C61H102O6/c1-4-7-10-13-16-19-22-25-28-30-33-36-39-42-45-48-51-54-60(63)66-57-58(56-65-59(62)53-50-47-44-41-38-35-32-27-24-21-18-15-12-9-6-3)67-61(64)55-52-49-46-43-40-37-34-31-29-26-23-20-17-14-11-8-5-2/h16,19,25-29,32-34,36-37,42-43,45-46,58H,4-15,17-18,20-24,30-31,35,38-41,44,47-57H2,1-3H3/b19-16-,28-25-,29-26-,32-27-,36-33-,37-34-,45-42-,46-43-/t58-/m0/s1. The lowest BCUT2D eigenvalue weighted by molar-refractivity contribution is -0.167. The van der Waals surface area contributed by atoms with Gasteiger partial charge in [0.05, 0.1) is 0 Å². The second-order valence-corrected chi connectivity index (χ2v) is 18.1. The van der Waals surface area contributed by atoms with Crippen molar-refractivity contribution in [3.05, 3.63) is 97.2 Å². The molecule has 0 unspecified atom stereocenters. The molecule has 0 rings (SSSR count). The van der Waals surface area contributed by atoms with Gasteiger partial charge in [0.15, 0.2) is 6.10 Å². The molecule has 0 aliphatic heterocycles. The van der Waals surface area contributed by atoms with E-state index in [9.17, 15) is 14.4 Å². The van der Waals surface area contributed by atoms with E-state index in [0.29, 0.717) is 19.3 Å². The Bertz CT molecular complexity index is 1350. The summed E-state index contributed by atoms with van der Waals surface area (Å²) in [6.45, 7) is 6.50. The lowest BCUT2D eigenvalue weighted by Gasteiger charge is -2.18. The van der Waals surface area contributed by atoms with Crippen molar-refractivity contribution in [1.82, 2.24) is 0 Å². The van der Waals surface area contributed by atoms with Crippen LogP contribution in [0, 0.1) is 0 Å². The Morgan fingerprint density at radius 3 is 0.940 bits per heavy atom. The highest BCUT2D eigenvalue weighted by molar-refractivity contribution is 5.71. The Labute approximate surface area is 413 Å². The predicted molar refractivity (Wildman–Crippen MR) is 288 cm³/mol. The van der Waals surface area contributed by atoms with Gasteiger partial charge in [0.1, 0.15) is 13.2 Å². The average molecular weight is 931 g/mol. The molecule has 0 aromatic carbocycles. The van der Waals surface area contributed by atoms with E-state index in [1.54, 1.807) is 0 Å². The second-order valence-electron chi connectivity index (χ2n) is 18.1. The normalized spacial score (nSPS) is 12.8. The molecular formula is C61H102O6. The van der Waals surface area contributed by atoms with Gasteiger partial charge in [-0.15, -0.1) is 0 Å². The molecule has 0 bridgehead atoms. The predicted octanol–water partition coefficient (Wildman–Crippen LogP) is 18.5. The Hall–Kier alpha value is -3.67. The van der Waals surface area contributed by atoms with Crippen LogP contribution in [0.2, 0.25) is 0 Å². The number of carbonyl (C=O) groups is 3. The lowest BCUT2D eigenvalue weighted by atomic mass is 10.1. The smallest absolute Gasteiger partial charge is 0.306 e. The summed E-state index contributed by atoms with van der Waals surface area (Å²) in [7, 11) is 0. The molecule has 0 aliphatic carbocycles. The van der Waals surface area contributed by atoms with E-state index in [4.69, 9.17) is 14.2 Å². The summed E-state index contributed by atoms with van der Waals surface area (Å²) in [5.74, 6) is -1.04. The molecule has 67 heavy (non-hydrogen) atoms. The molecule has 0 amide bonds. The zero-order valence-electron chi connectivity index (χ0n) is 43.6. The quantitative estimate of drug-likeness (QED) is 0.0262. The van der Waals surface area contributed by atoms with Crippen LogP contribution >= 0.6 is 0 Å². The lowest BCUT2D eigenvalue weighted by Crippen LogP contribution is -2.30. The topological polar surface area (TPSA) is 78.9 Å². The van der Waals surface area contributed by atoms with Gasteiger partial charge in [-0.3, -0.25) is 14.4 Å². The zero-order chi connectivity index (χ0) is 48.6. The molecule has 382 valence electrons. The molecule has 1 atom stereocenters. The van der Waals surface area contributed by atoms with Crippen LogP contribution in [0.3, 0.4) is 0 Å². The van der Waals surface area contributed by atoms with Crippen molar-refractivity contribution in [3.8, 4) is 0 Å². The number of rotatable bonds is 49. The average Bonchev–Trinajstić information content (AvgIpc) is 3.33. The van der Waals surface area contributed by atoms with Crippen LogP contribution in [0.5, 0.6) is 0 Å². The van der Waals surface area contributed by atoms with E-state index in [-0.39, 0.29) is 44.0 Å². The highest BCUT2D eigenvalue weighted by Crippen LogP contribution is 2.13. The fraction of sp³-hybridized carbons (Fsp3) is 0.689. The van der Waals surface area contributed by atoms with Gasteiger partial charge in [0, 0.05) is 19.3 Å². The Morgan fingerprint density at radius 1 is 0.299 bits per heavy atom. The van der Waals surface area contributed by atoms with Crippen LogP contribution < -0.4 is 0 Å². The zero-order valence-corrected chi connectivity index (χ0v) is 43.6. The van der Waals surface area contributed by atoms with Crippen molar-refractivity contribution in [2.75, 3.05) is 13.2 Å². The van der Waals surface area contributed by atoms with Gasteiger partial charge in [-0.1, -0.05) is 214 Å². The third kappa shape index (κ3) is 53.2. The van der Waals surface area contributed by atoms with Crippen molar-refractivity contribution >= 4 is 17.9 Å². The number of hydrogen-bond donors (Lipinski definition) is 0. The largest absolute Gasteiger partial charge is 0.462 e. The first kappa shape index (κ1) is 63.3. The summed E-state index contributed by atoms with van der Waals surface area (Å²) in [4.78, 5) is 38.0.